The highest BCUT2D eigenvalue weighted by atomic mass is 79.9. The summed E-state index contributed by atoms with van der Waals surface area (Å²) in [6.07, 6.45) is 6.37. The topological polar surface area (TPSA) is 80.8 Å². The van der Waals surface area contributed by atoms with Gasteiger partial charge in [0.1, 0.15) is 0 Å². The maximum atomic E-state index is 13.2. The molecule has 0 unspecified atom stereocenters. The zero-order chi connectivity index (χ0) is 22.6. The van der Waals surface area contributed by atoms with Gasteiger partial charge < -0.3 is 9.64 Å². The molecule has 1 saturated heterocycles. The highest BCUT2D eigenvalue weighted by molar-refractivity contribution is 9.10. The second-order valence-electron chi connectivity index (χ2n) is 10.5. The van der Waals surface area contributed by atoms with Gasteiger partial charge in [-0.25, -0.2) is 8.42 Å². The van der Waals surface area contributed by atoms with Crippen LogP contribution in [0.1, 0.15) is 50.5 Å². The van der Waals surface area contributed by atoms with E-state index < -0.39 is 15.3 Å². The SMILES string of the molecule is O=C(COC(=O)C12C[C@@H]3C[C@H](CC(Br)(C3)C1)C2)N(Cc1ccccc1)[C@@H]1CCS(=O)(=O)C1. The quantitative estimate of drug-likeness (QED) is 0.421. The Morgan fingerprint density at radius 3 is 2.38 bits per heavy atom. The van der Waals surface area contributed by atoms with Gasteiger partial charge in [-0.3, -0.25) is 9.59 Å². The number of hydrogen-bond acceptors (Lipinski definition) is 5. The van der Waals surface area contributed by atoms with Crippen molar-refractivity contribution in [3.63, 3.8) is 0 Å². The summed E-state index contributed by atoms with van der Waals surface area (Å²) < 4.78 is 29.8. The lowest BCUT2D eigenvalue weighted by Gasteiger charge is -2.58. The van der Waals surface area contributed by atoms with Gasteiger partial charge in [0.05, 0.1) is 16.9 Å². The van der Waals surface area contributed by atoms with Crippen LogP contribution in [-0.2, 0) is 30.7 Å². The molecule has 6 nitrogen and oxygen atoms in total. The molecule has 1 aliphatic heterocycles. The fourth-order valence-electron chi connectivity index (χ4n) is 6.98. The number of nitrogens with zero attached hydrogens (tertiary/aromatic N) is 1. The number of benzene rings is 1. The predicted molar refractivity (Wildman–Crippen MR) is 124 cm³/mol. The van der Waals surface area contributed by atoms with Gasteiger partial charge in [0.25, 0.3) is 5.91 Å². The predicted octanol–water partition coefficient (Wildman–Crippen LogP) is 3.48. The second-order valence-corrected chi connectivity index (χ2v) is 14.4. The summed E-state index contributed by atoms with van der Waals surface area (Å²) in [7, 11) is -3.14. The van der Waals surface area contributed by atoms with E-state index in [0.717, 1.165) is 37.7 Å². The van der Waals surface area contributed by atoms with E-state index in [1.807, 2.05) is 30.3 Å². The zero-order valence-corrected chi connectivity index (χ0v) is 20.6. The Bertz CT molecular complexity index is 996. The molecule has 1 amide bonds. The summed E-state index contributed by atoms with van der Waals surface area (Å²) in [5.41, 5.74) is 0.452. The fraction of sp³-hybridized carbons (Fsp3) is 0.667. The molecule has 32 heavy (non-hydrogen) atoms. The van der Waals surface area contributed by atoms with Crippen molar-refractivity contribution >= 4 is 37.6 Å². The van der Waals surface area contributed by atoms with Crippen LogP contribution in [0.4, 0.5) is 0 Å². The summed E-state index contributed by atoms with van der Waals surface area (Å²) in [5, 5.41) is 0. The molecule has 0 N–H and O–H groups in total. The van der Waals surface area contributed by atoms with Crippen LogP contribution >= 0.6 is 15.9 Å². The molecule has 6 rings (SSSR count). The second kappa shape index (κ2) is 8.12. The van der Waals surface area contributed by atoms with E-state index in [1.54, 1.807) is 4.90 Å². The van der Waals surface area contributed by atoms with Crippen molar-refractivity contribution < 1.29 is 22.7 Å². The smallest absolute Gasteiger partial charge is 0.312 e. The van der Waals surface area contributed by atoms with E-state index in [0.29, 0.717) is 24.8 Å². The molecule has 1 aromatic rings. The number of esters is 1. The van der Waals surface area contributed by atoms with Gasteiger partial charge in [-0.05, 0) is 62.3 Å². The van der Waals surface area contributed by atoms with Crippen molar-refractivity contribution in [3.05, 3.63) is 35.9 Å². The summed E-state index contributed by atoms with van der Waals surface area (Å²) in [5.74, 6) is 0.605. The number of hydrogen-bond donors (Lipinski definition) is 0. The molecule has 4 aliphatic carbocycles. The van der Waals surface area contributed by atoms with E-state index >= 15 is 0 Å². The minimum Gasteiger partial charge on any atom is -0.455 e. The maximum Gasteiger partial charge on any atom is 0.312 e. The van der Waals surface area contributed by atoms with Crippen molar-refractivity contribution in [2.45, 2.75) is 61.9 Å². The first-order valence-corrected chi connectivity index (χ1v) is 14.2. The summed E-state index contributed by atoms with van der Waals surface area (Å²) in [6, 6.07) is 9.15. The van der Waals surface area contributed by atoms with Crippen LogP contribution in [0.15, 0.2) is 30.3 Å². The minimum atomic E-state index is -3.14. The molecule has 5 aliphatic rings. The Morgan fingerprint density at radius 1 is 1.09 bits per heavy atom. The lowest BCUT2D eigenvalue weighted by Crippen LogP contribution is -2.56. The molecule has 3 atom stereocenters. The zero-order valence-electron chi connectivity index (χ0n) is 18.2. The standard InChI is InChI=1S/C24H30BrNO5S/c25-24-11-18-8-19(12-24)10-23(9-18,16-24)22(28)31-14-21(27)26(13-17-4-2-1-3-5-17)20-6-7-32(29,30)15-20/h1-5,18-20H,6-16H2/t18-,19-,20+,23?,24?/m0/s1. The van der Waals surface area contributed by atoms with Crippen LogP contribution < -0.4 is 0 Å². The monoisotopic (exact) mass is 523 g/mol. The first-order valence-electron chi connectivity index (χ1n) is 11.6. The van der Waals surface area contributed by atoms with E-state index in [1.165, 1.54) is 6.42 Å². The average Bonchev–Trinajstić information content (AvgIpc) is 3.08. The van der Waals surface area contributed by atoms with Gasteiger partial charge in [-0.15, -0.1) is 0 Å². The molecule has 0 aromatic heterocycles. The molecule has 1 aromatic carbocycles. The van der Waals surface area contributed by atoms with Gasteiger partial charge in [0.2, 0.25) is 0 Å². The van der Waals surface area contributed by atoms with Gasteiger partial charge in [-0.2, -0.15) is 0 Å². The molecule has 0 spiro atoms. The Labute approximate surface area is 198 Å². The summed E-state index contributed by atoms with van der Waals surface area (Å²) >= 11 is 3.92. The first kappa shape index (κ1) is 22.4. The molecule has 8 heteroatoms. The number of sulfone groups is 1. The highest BCUT2D eigenvalue weighted by Gasteiger charge is 2.60. The van der Waals surface area contributed by atoms with Crippen molar-refractivity contribution in [2.24, 2.45) is 17.3 Å². The molecule has 1 heterocycles. The molecule has 174 valence electrons. The molecular formula is C24H30BrNO5S. The van der Waals surface area contributed by atoms with Crippen molar-refractivity contribution in [3.8, 4) is 0 Å². The molecule has 4 bridgehead atoms. The van der Waals surface area contributed by atoms with Crippen LogP contribution in [0.25, 0.3) is 0 Å². The third kappa shape index (κ3) is 4.37. The van der Waals surface area contributed by atoms with E-state index in [-0.39, 0.29) is 40.4 Å². The Hall–Kier alpha value is -1.41. The Morgan fingerprint density at radius 2 is 1.78 bits per heavy atom. The summed E-state index contributed by atoms with van der Waals surface area (Å²) in [6.45, 7) is -0.00814. The number of rotatable bonds is 6. The Kier molecular flexibility index (Phi) is 5.68. The van der Waals surface area contributed by atoms with Crippen LogP contribution in [0.3, 0.4) is 0 Å². The van der Waals surface area contributed by atoms with Gasteiger partial charge in [-0.1, -0.05) is 46.3 Å². The lowest BCUT2D eigenvalue weighted by molar-refractivity contribution is -0.173. The fourth-order valence-corrected chi connectivity index (χ4v) is 10.2. The number of ether oxygens (including phenoxy) is 1. The average molecular weight is 524 g/mol. The van der Waals surface area contributed by atoms with Crippen LogP contribution in [0.2, 0.25) is 0 Å². The first-order chi connectivity index (χ1) is 15.2. The molecule has 5 fully saturated rings. The third-order valence-electron chi connectivity index (χ3n) is 7.91. The van der Waals surface area contributed by atoms with Crippen LogP contribution in [0, 0.1) is 17.3 Å². The van der Waals surface area contributed by atoms with Crippen LogP contribution in [-0.4, -0.2) is 53.7 Å². The van der Waals surface area contributed by atoms with Gasteiger partial charge in [0, 0.05) is 16.9 Å². The van der Waals surface area contributed by atoms with E-state index in [9.17, 15) is 18.0 Å². The largest absolute Gasteiger partial charge is 0.455 e. The van der Waals surface area contributed by atoms with Crippen molar-refractivity contribution in [1.82, 2.24) is 4.90 Å². The normalized spacial score (nSPS) is 36.7. The third-order valence-corrected chi connectivity index (χ3v) is 10.6. The maximum absolute atomic E-state index is 13.2. The van der Waals surface area contributed by atoms with Crippen molar-refractivity contribution in [2.75, 3.05) is 18.1 Å². The number of carbonyl (C=O) groups is 2. The van der Waals surface area contributed by atoms with Gasteiger partial charge >= 0.3 is 5.97 Å². The van der Waals surface area contributed by atoms with Crippen molar-refractivity contribution in [1.29, 1.82) is 0 Å². The number of amides is 1. The van der Waals surface area contributed by atoms with E-state index in [4.69, 9.17) is 4.74 Å². The summed E-state index contributed by atoms with van der Waals surface area (Å²) in [4.78, 5) is 28.0. The molecular weight excluding hydrogens is 494 g/mol. The van der Waals surface area contributed by atoms with Gasteiger partial charge in [0.15, 0.2) is 16.4 Å². The number of carbonyl (C=O) groups excluding carboxylic acids is 2. The van der Waals surface area contributed by atoms with E-state index in [2.05, 4.69) is 15.9 Å². The number of halogens is 1. The minimum absolute atomic E-state index is 0.0288. The molecule has 0 radical (unpaired) electrons. The lowest BCUT2D eigenvalue weighted by atomic mass is 9.49. The number of alkyl halides is 1. The highest BCUT2D eigenvalue weighted by Crippen LogP contribution is 2.64. The molecule has 4 saturated carbocycles. The van der Waals surface area contributed by atoms with Crippen LogP contribution in [0.5, 0.6) is 0 Å². The Balaban J connectivity index is 1.28.